The van der Waals surface area contributed by atoms with E-state index in [2.05, 4.69) is 16.0 Å². The topological polar surface area (TPSA) is 166 Å². The number of rotatable bonds is 13. The summed E-state index contributed by atoms with van der Waals surface area (Å²) in [6, 6.07) is 5.62. The molecule has 0 saturated carbocycles. The molecule has 1 aromatic rings. The van der Waals surface area contributed by atoms with E-state index >= 15 is 0 Å². The predicted octanol–water partition coefficient (Wildman–Crippen LogP) is 1.00. The lowest BCUT2D eigenvalue weighted by atomic mass is 10.0. The number of methoxy groups -OCH3 is 1. The van der Waals surface area contributed by atoms with Crippen LogP contribution in [0, 0.1) is 11.8 Å². The molecule has 0 saturated heterocycles. The summed E-state index contributed by atoms with van der Waals surface area (Å²) >= 11 is 0. The molecule has 1 aromatic carbocycles. The van der Waals surface area contributed by atoms with E-state index in [1.54, 1.807) is 38.1 Å². The Bertz CT molecular complexity index is 874. The molecule has 0 heterocycles. The molecule has 5 N–H and O–H groups in total. The number of amides is 4. The summed E-state index contributed by atoms with van der Waals surface area (Å²) in [5.41, 5.74) is 6.04. The Morgan fingerprint density at radius 1 is 0.886 bits per heavy atom. The normalized spacial score (nSPS) is 13.3. The summed E-state index contributed by atoms with van der Waals surface area (Å²) in [4.78, 5) is 61.7. The highest BCUT2D eigenvalue weighted by molar-refractivity contribution is 5.95. The maximum Gasteiger partial charge on any atom is 0.408 e. The van der Waals surface area contributed by atoms with Gasteiger partial charge in [-0.2, -0.15) is 0 Å². The van der Waals surface area contributed by atoms with Crippen molar-refractivity contribution in [2.45, 2.75) is 65.3 Å². The standard InChI is InChI=1S/C24H36N4O7/c1-14(2)11-18(23(32)34-5)27-21(30)17(12-19(25)29)26-22(31)20(15(3)4)28-24(33)35-13-16-9-7-6-8-10-16/h6-10,14-15,17-18,20H,11-13H2,1-5H3,(H2,25,29)(H,26,31)(H,27,30)(H,28,33)/t17-,18-,20-/m0/s1. The zero-order valence-electron chi connectivity index (χ0n) is 20.8. The van der Waals surface area contributed by atoms with Gasteiger partial charge >= 0.3 is 12.1 Å². The minimum atomic E-state index is -1.36. The summed E-state index contributed by atoms with van der Waals surface area (Å²) in [6.07, 6.45) is -1.03. The lowest BCUT2D eigenvalue weighted by Gasteiger charge is -2.26. The lowest BCUT2D eigenvalue weighted by molar-refractivity contribution is -0.146. The van der Waals surface area contributed by atoms with E-state index in [-0.39, 0.29) is 18.4 Å². The number of primary amides is 1. The monoisotopic (exact) mass is 492 g/mol. The van der Waals surface area contributed by atoms with Crippen LogP contribution in [0.25, 0.3) is 0 Å². The van der Waals surface area contributed by atoms with Crippen LogP contribution in [0.3, 0.4) is 0 Å². The van der Waals surface area contributed by atoms with Crippen LogP contribution in [0.4, 0.5) is 4.79 Å². The molecule has 194 valence electrons. The summed E-state index contributed by atoms with van der Waals surface area (Å²) < 4.78 is 9.90. The van der Waals surface area contributed by atoms with E-state index in [9.17, 15) is 24.0 Å². The second-order valence-electron chi connectivity index (χ2n) is 8.87. The smallest absolute Gasteiger partial charge is 0.408 e. The quantitative estimate of drug-likeness (QED) is 0.298. The van der Waals surface area contributed by atoms with Crippen LogP contribution in [0.15, 0.2) is 30.3 Å². The van der Waals surface area contributed by atoms with E-state index in [1.807, 2.05) is 19.9 Å². The zero-order chi connectivity index (χ0) is 26.5. The molecular weight excluding hydrogens is 456 g/mol. The lowest BCUT2D eigenvalue weighted by Crippen LogP contribution is -2.57. The van der Waals surface area contributed by atoms with Gasteiger partial charge in [-0.15, -0.1) is 0 Å². The molecule has 0 aliphatic carbocycles. The molecule has 4 amide bonds. The van der Waals surface area contributed by atoms with Gasteiger partial charge in [0.25, 0.3) is 0 Å². The van der Waals surface area contributed by atoms with Gasteiger partial charge in [0.2, 0.25) is 17.7 Å². The third-order valence-electron chi connectivity index (χ3n) is 4.98. The van der Waals surface area contributed by atoms with Gasteiger partial charge in [0.05, 0.1) is 13.5 Å². The first-order chi connectivity index (χ1) is 16.4. The van der Waals surface area contributed by atoms with Gasteiger partial charge < -0.3 is 31.2 Å². The number of benzene rings is 1. The molecule has 3 atom stereocenters. The Morgan fingerprint density at radius 3 is 2.00 bits per heavy atom. The van der Waals surface area contributed by atoms with Crippen molar-refractivity contribution < 1.29 is 33.4 Å². The van der Waals surface area contributed by atoms with Gasteiger partial charge in [-0.3, -0.25) is 14.4 Å². The number of ether oxygens (including phenoxy) is 2. The zero-order valence-corrected chi connectivity index (χ0v) is 20.8. The molecule has 0 bridgehead atoms. The molecule has 0 aliphatic rings. The summed E-state index contributed by atoms with van der Waals surface area (Å²) in [7, 11) is 1.19. The van der Waals surface area contributed by atoms with E-state index < -0.39 is 54.3 Å². The van der Waals surface area contributed by atoms with Crippen molar-refractivity contribution in [1.29, 1.82) is 0 Å². The SMILES string of the molecule is COC(=O)[C@H](CC(C)C)NC(=O)[C@H](CC(N)=O)NC(=O)[C@@H](NC(=O)OCc1ccccc1)C(C)C. The molecule has 11 nitrogen and oxygen atoms in total. The van der Waals surface area contributed by atoms with Crippen LogP contribution in [0.2, 0.25) is 0 Å². The molecule has 1 rings (SSSR count). The number of alkyl carbamates (subject to hydrolysis) is 1. The van der Waals surface area contributed by atoms with Crippen LogP contribution in [-0.2, 0) is 35.3 Å². The number of carbonyl (C=O) groups is 5. The number of nitrogens with one attached hydrogen (secondary N) is 3. The fourth-order valence-corrected chi connectivity index (χ4v) is 3.20. The van der Waals surface area contributed by atoms with Crippen molar-refractivity contribution in [2.24, 2.45) is 17.6 Å². The Balaban J connectivity index is 2.88. The van der Waals surface area contributed by atoms with Gasteiger partial charge in [0, 0.05) is 0 Å². The Morgan fingerprint density at radius 2 is 1.49 bits per heavy atom. The number of carbonyl (C=O) groups excluding carboxylic acids is 5. The minimum Gasteiger partial charge on any atom is -0.467 e. The molecule has 35 heavy (non-hydrogen) atoms. The van der Waals surface area contributed by atoms with Gasteiger partial charge in [-0.25, -0.2) is 9.59 Å². The maximum atomic E-state index is 12.9. The average molecular weight is 493 g/mol. The largest absolute Gasteiger partial charge is 0.467 e. The highest BCUT2D eigenvalue weighted by Gasteiger charge is 2.32. The van der Waals surface area contributed by atoms with Crippen molar-refractivity contribution >= 4 is 29.8 Å². The van der Waals surface area contributed by atoms with Gasteiger partial charge in [0.1, 0.15) is 24.7 Å². The second kappa shape index (κ2) is 14.6. The summed E-state index contributed by atoms with van der Waals surface area (Å²) in [5.74, 6) is -3.29. The van der Waals surface area contributed by atoms with Crippen LogP contribution in [0.5, 0.6) is 0 Å². The molecular formula is C24H36N4O7. The van der Waals surface area contributed by atoms with E-state index in [0.717, 1.165) is 5.56 Å². The number of hydrogen-bond donors (Lipinski definition) is 4. The Labute approximate surface area is 205 Å². The number of nitrogens with two attached hydrogens (primary N) is 1. The van der Waals surface area contributed by atoms with Gasteiger partial charge in [-0.1, -0.05) is 58.0 Å². The van der Waals surface area contributed by atoms with Crippen molar-refractivity contribution in [1.82, 2.24) is 16.0 Å². The van der Waals surface area contributed by atoms with Crippen molar-refractivity contribution in [3.63, 3.8) is 0 Å². The van der Waals surface area contributed by atoms with E-state index in [0.29, 0.717) is 6.42 Å². The minimum absolute atomic E-state index is 0.0105. The average Bonchev–Trinajstić information content (AvgIpc) is 2.79. The molecule has 0 fully saturated rings. The number of hydrogen-bond acceptors (Lipinski definition) is 7. The first-order valence-corrected chi connectivity index (χ1v) is 11.4. The van der Waals surface area contributed by atoms with Gasteiger partial charge in [-0.05, 0) is 23.8 Å². The van der Waals surface area contributed by atoms with Crippen LogP contribution in [0.1, 0.15) is 46.1 Å². The predicted molar refractivity (Wildman–Crippen MR) is 128 cm³/mol. The first-order valence-electron chi connectivity index (χ1n) is 11.4. The van der Waals surface area contributed by atoms with E-state index in [1.165, 1.54) is 7.11 Å². The number of esters is 1. The highest BCUT2D eigenvalue weighted by Crippen LogP contribution is 2.09. The molecule has 0 spiro atoms. The van der Waals surface area contributed by atoms with Crippen LogP contribution < -0.4 is 21.7 Å². The maximum absolute atomic E-state index is 12.9. The molecule has 11 heteroatoms. The highest BCUT2D eigenvalue weighted by atomic mass is 16.5. The summed E-state index contributed by atoms with van der Waals surface area (Å²) in [5, 5.41) is 7.44. The first kappa shape index (κ1) is 29.4. The van der Waals surface area contributed by atoms with Crippen LogP contribution in [-0.4, -0.2) is 55.0 Å². The van der Waals surface area contributed by atoms with Crippen molar-refractivity contribution in [3.8, 4) is 0 Å². The molecule has 0 aliphatic heterocycles. The fraction of sp³-hybridized carbons (Fsp3) is 0.542. The Hall–Kier alpha value is -3.63. The van der Waals surface area contributed by atoms with Crippen molar-refractivity contribution in [2.75, 3.05) is 7.11 Å². The Kier molecular flexibility index (Phi) is 12.3. The van der Waals surface area contributed by atoms with Crippen LogP contribution >= 0.6 is 0 Å². The molecule has 0 unspecified atom stereocenters. The fourth-order valence-electron chi connectivity index (χ4n) is 3.20. The third-order valence-corrected chi connectivity index (χ3v) is 4.98. The summed E-state index contributed by atoms with van der Waals surface area (Å²) in [6.45, 7) is 7.12. The third kappa shape index (κ3) is 10.9. The molecule has 0 radical (unpaired) electrons. The van der Waals surface area contributed by atoms with Crippen molar-refractivity contribution in [3.05, 3.63) is 35.9 Å². The molecule has 0 aromatic heterocycles. The van der Waals surface area contributed by atoms with Gasteiger partial charge in [0.15, 0.2) is 0 Å². The second-order valence-corrected chi connectivity index (χ2v) is 8.87. The van der Waals surface area contributed by atoms with E-state index in [4.69, 9.17) is 15.2 Å².